The molecule has 0 aromatic heterocycles. The fourth-order valence-corrected chi connectivity index (χ4v) is 3.55. The summed E-state index contributed by atoms with van der Waals surface area (Å²) in [5.41, 5.74) is 14.5. The van der Waals surface area contributed by atoms with E-state index in [-0.39, 0.29) is 18.4 Å². The average molecular weight is 380 g/mol. The van der Waals surface area contributed by atoms with Crippen LogP contribution < -0.4 is 16.4 Å². The summed E-state index contributed by atoms with van der Waals surface area (Å²) in [5.74, 6) is -0.237. The summed E-state index contributed by atoms with van der Waals surface area (Å²) in [6.45, 7) is 1.60. The maximum absolute atomic E-state index is 12.9. The van der Waals surface area contributed by atoms with Crippen molar-refractivity contribution < 1.29 is 9.59 Å². The van der Waals surface area contributed by atoms with Crippen LogP contribution in [0.15, 0.2) is 54.6 Å². The molecule has 1 atom stereocenters. The van der Waals surface area contributed by atoms with Crippen molar-refractivity contribution in [1.29, 1.82) is 0 Å². The van der Waals surface area contributed by atoms with E-state index in [0.29, 0.717) is 26.1 Å². The zero-order chi connectivity index (χ0) is 19.9. The number of nitrogens with two attached hydrogens (primary N) is 2. The van der Waals surface area contributed by atoms with Gasteiger partial charge in [0.05, 0.1) is 11.7 Å². The fourth-order valence-electron chi connectivity index (χ4n) is 3.55. The van der Waals surface area contributed by atoms with Gasteiger partial charge < -0.3 is 21.3 Å². The summed E-state index contributed by atoms with van der Waals surface area (Å²) in [5, 5.41) is 0. The third-order valence-corrected chi connectivity index (χ3v) is 5.10. The molecule has 0 saturated carbocycles. The quantitative estimate of drug-likeness (QED) is 0.719. The van der Waals surface area contributed by atoms with Crippen LogP contribution in [0.5, 0.6) is 0 Å². The van der Waals surface area contributed by atoms with Crippen molar-refractivity contribution in [3.05, 3.63) is 54.6 Å². The highest BCUT2D eigenvalue weighted by Crippen LogP contribution is 2.31. The number of carbonyl (C=O) groups excluding carboxylic acids is 2. The Bertz CT molecular complexity index is 809. The minimum absolute atomic E-state index is 0.0620. The van der Waals surface area contributed by atoms with Gasteiger partial charge in [0.15, 0.2) is 0 Å². The van der Waals surface area contributed by atoms with E-state index in [4.69, 9.17) is 11.5 Å². The van der Waals surface area contributed by atoms with E-state index < -0.39 is 6.04 Å². The van der Waals surface area contributed by atoms with Crippen molar-refractivity contribution in [2.45, 2.75) is 25.3 Å². The number of hydrogen-bond donors (Lipinski definition) is 2. The monoisotopic (exact) mass is 380 g/mol. The van der Waals surface area contributed by atoms with Crippen molar-refractivity contribution in [2.24, 2.45) is 11.5 Å². The summed E-state index contributed by atoms with van der Waals surface area (Å²) in [4.78, 5) is 28.8. The van der Waals surface area contributed by atoms with Crippen LogP contribution >= 0.6 is 0 Å². The number of nitrogens with zero attached hydrogens (tertiary/aromatic N) is 2. The van der Waals surface area contributed by atoms with Crippen LogP contribution in [0.25, 0.3) is 11.1 Å². The number of para-hydroxylation sites is 1. The summed E-state index contributed by atoms with van der Waals surface area (Å²) in [6, 6.07) is 17.3. The van der Waals surface area contributed by atoms with Gasteiger partial charge in [-0.15, -0.1) is 0 Å². The Morgan fingerprint density at radius 3 is 2.43 bits per heavy atom. The molecule has 0 unspecified atom stereocenters. The maximum Gasteiger partial charge on any atom is 0.246 e. The Kier molecular flexibility index (Phi) is 6.79. The molecule has 6 heteroatoms. The van der Waals surface area contributed by atoms with E-state index in [2.05, 4.69) is 0 Å². The van der Waals surface area contributed by atoms with Crippen molar-refractivity contribution >= 4 is 17.5 Å². The molecule has 3 rings (SSSR count). The predicted molar refractivity (Wildman–Crippen MR) is 112 cm³/mol. The molecule has 2 aromatic carbocycles. The first-order valence-corrected chi connectivity index (χ1v) is 9.81. The lowest BCUT2D eigenvalue weighted by Gasteiger charge is -2.36. The van der Waals surface area contributed by atoms with Gasteiger partial charge >= 0.3 is 0 Å². The first-order chi connectivity index (χ1) is 13.6. The SMILES string of the molecule is NCCCC[C@H](N)C(=O)N1CCN(c2ccccc2-c2ccccc2)C(=O)C1. The molecule has 1 fully saturated rings. The summed E-state index contributed by atoms with van der Waals surface area (Å²) in [7, 11) is 0. The van der Waals surface area contributed by atoms with E-state index >= 15 is 0 Å². The van der Waals surface area contributed by atoms with Crippen LogP contribution in [-0.2, 0) is 9.59 Å². The Hall–Kier alpha value is -2.70. The number of anilines is 1. The van der Waals surface area contributed by atoms with Crippen LogP contribution in [-0.4, -0.2) is 48.9 Å². The van der Waals surface area contributed by atoms with E-state index in [1.54, 1.807) is 9.80 Å². The Morgan fingerprint density at radius 1 is 1.00 bits per heavy atom. The van der Waals surface area contributed by atoms with Crippen LogP contribution in [0, 0.1) is 0 Å². The number of unbranched alkanes of at least 4 members (excludes halogenated alkanes) is 1. The molecule has 0 spiro atoms. The summed E-state index contributed by atoms with van der Waals surface area (Å²) in [6.07, 6.45) is 2.27. The number of amides is 2. The van der Waals surface area contributed by atoms with E-state index in [0.717, 1.165) is 29.7 Å². The van der Waals surface area contributed by atoms with E-state index in [9.17, 15) is 9.59 Å². The minimum Gasteiger partial charge on any atom is -0.330 e. The number of benzene rings is 2. The van der Waals surface area contributed by atoms with Crippen LogP contribution in [0.3, 0.4) is 0 Å². The highest BCUT2D eigenvalue weighted by molar-refractivity contribution is 6.01. The van der Waals surface area contributed by atoms with Crippen molar-refractivity contribution in [3.8, 4) is 11.1 Å². The van der Waals surface area contributed by atoms with Gasteiger partial charge in [0, 0.05) is 18.7 Å². The molecule has 28 heavy (non-hydrogen) atoms. The Labute approximate surface area is 166 Å². The second-order valence-corrected chi connectivity index (χ2v) is 7.08. The Morgan fingerprint density at radius 2 is 1.71 bits per heavy atom. The van der Waals surface area contributed by atoms with E-state index in [1.165, 1.54) is 0 Å². The molecule has 1 aliphatic heterocycles. The van der Waals surface area contributed by atoms with Crippen molar-refractivity contribution in [3.63, 3.8) is 0 Å². The second kappa shape index (κ2) is 9.48. The molecule has 6 nitrogen and oxygen atoms in total. The second-order valence-electron chi connectivity index (χ2n) is 7.08. The zero-order valence-electron chi connectivity index (χ0n) is 16.1. The Balaban J connectivity index is 1.70. The van der Waals surface area contributed by atoms with Gasteiger partial charge in [0.25, 0.3) is 0 Å². The lowest BCUT2D eigenvalue weighted by molar-refractivity contribution is -0.138. The molecule has 0 bridgehead atoms. The highest BCUT2D eigenvalue weighted by atomic mass is 16.2. The fraction of sp³-hybridized carbons (Fsp3) is 0.364. The topological polar surface area (TPSA) is 92.7 Å². The molecule has 2 aromatic rings. The first kappa shape index (κ1) is 20.0. The smallest absolute Gasteiger partial charge is 0.246 e. The number of carbonyl (C=O) groups is 2. The normalized spacial score (nSPS) is 15.6. The van der Waals surface area contributed by atoms with Gasteiger partial charge in [-0.3, -0.25) is 9.59 Å². The number of hydrogen-bond acceptors (Lipinski definition) is 4. The van der Waals surface area contributed by atoms with Crippen molar-refractivity contribution in [2.75, 3.05) is 31.1 Å². The van der Waals surface area contributed by atoms with Crippen molar-refractivity contribution in [1.82, 2.24) is 4.90 Å². The van der Waals surface area contributed by atoms with Gasteiger partial charge in [-0.25, -0.2) is 0 Å². The predicted octanol–water partition coefficient (Wildman–Crippen LogP) is 1.99. The largest absolute Gasteiger partial charge is 0.330 e. The lowest BCUT2D eigenvalue weighted by Crippen LogP contribution is -2.56. The molecule has 0 radical (unpaired) electrons. The maximum atomic E-state index is 12.9. The molecular weight excluding hydrogens is 352 g/mol. The minimum atomic E-state index is -0.567. The molecule has 1 aliphatic rings. The van der Waals surface area contributed by atoms with Gasteiger partial charge in [-0.05, 0) is 31.0 Å². The standard InChI is InChI=1S/C22H28N4O2/c23-13-7-6-11-19(24)22(28)25-14-15-26(21(27)16-25)20-12-5-4-10-18(20)17-8-2-1-3-9-17/h1-5,8-10,12,19H,6-7,11,13-16,23-24H2/t19-/m0/s1. The summed E-state index contributed by atoms with van der Waals surface area (Å²) < 4.78 is 0. The van der Waals surface area contributed by atoms with Crippen LogP contribution in [0.2, 0.25) is 0 Å². The molecule has 1 saturated heterocycles. The summed E-state index contributed by atoms with van der Waals surface area (Å²) >= 11 is 0. The van der Waals surface area contributed by atoms with Crippen LogP contribution in [0.4, 0.5) is 5.69 Å². The third kappa shape index (κ3) is 4.58. The molecular formula is C22H28N4O2. The lowest BCUT2D eigenvalue weighted by atomic mass is 10.0. The first-order valence-electron chi connectivity index (χ1n) is 9.81. The zero-order valence-corrected chi connectivity index (χ0v) is 16.1. The molecule has 0 aliphatic carbocycles. The van der Waals surface area contributed by atoms with Gasteiger partial charge in [0.2, 0.25) is 11.8 Å². The van der Waals surface area contributed by atoms with E-state index in [1.807, 2.05) is 54.6 Å². The molecule has 148 valence electrons. The average Bonchev–Trinajstić information content (AvgIpc) is 2.74. The highest BCUT2D eigenvalue weighted by Gasteiger charge is 2.31. The number of piperazine rings is 1. The molecule has 2 amide bonds. The van der Waals surface area contributed by atoms with Gasteiger partial charge in [-0.1, -0.05) is 55.0 Å². The third-order valence-electron chi connectivity index (χ3n) is 5.10. The number of rotatable bonds is 7. The van der Waals surface area contributed by atoms with Gasteiger partial charge in [-0.2, -0.15) is 0 Å². The van der Waals surface area contributed by atoms with Crippen LogP contribution in [0.1, 0.15) is 19.3 Å². The van der Waals surface area contributed by atoms with Gasteiger partial charge in [0.1, 0.15) is 6.54 Å². The molecule has 4 N–H and O–H groups in total. The molecule has 1 heterocycles.